The molecule has 4 nitrogen and oxygen atoms in total. The fraction of sp³-hybridized carbons (Fsp3) is 0.455. The minimum absolute atomic E-state index is 0. The molecule has 0 atom stereocenters. The van der Waals surface area contributed by atoms with Gasteiger partial charge in [-0.3, -0.25) is 0 Å². The summed E-state index contributed by atoms with van der Waals surface area (Å²) in [4.78, 5) is -0.0478. The lowest BCUT2D eigenvalue weighted by Gasteiger charge is -2.07. The molecule has 0 aliphatic rings. The number of aryl methyl sites for hydroxylation is 1. The standard InChI is InChI=1S/C11H17FN2O2S.ClH/c1-9-4-5-10(8-11(9)12)17(15,16)14-7-3-2-6-13;/h4-5,8,14H,2-3,6-7,13H2,1H3;1H. The number of sulfonamides is 1. The van der Waals surface area contributed by atoms with Crippen LogP contribution in [0.15, 0.2) is 23.1 Å². The van der Waals surface area contributed by atoms with E-state index in [1.165, 1.54) is 12.1 Å². The molecule has 0 unspecified atom stereocenters. The number of hydrogen-bond donors (Lipinski definition) is 2. The van der Waals surface area contributed by atoms with Crippen molar-refractivity contribution in [3.63, 3.8) is 0 Å². The first-order valence-electron chi connectivity index (χ1n) is 5.43. The summed E-state index contributed by atoms with van der Waals surface area (Å²) in [7, 11) is -3.61. The second kappa shape index (κ2) is 7.68. The van der Waals surface area contributed by atoms with E-state index >= 15 is 0 Å². The van der Waals surface area contributed by atoms with Crippen LogP contribution < -0.4 is 10.5 Å². The zero-order valence-corrected chi connectivity index (χ0v) is 11.8. The molecule has 18 heavy (non-hydrogen) atoms. The highest BCUT2D eigenvalue weighted by molar-refractivity contribution is 7.89. The maximum atomic E-state index is 13.2. The maximum Gasteiger partial charge on any atom is 0.240 e. The van der Waals surface area contributed by atoms with Crippen molar-refractivity contribution < 1.29 is 12.8 Å². The van der Waals surface area contributed by atoms with Crippen LogP contribution in [0.2, 0.25) is 0 Å². The minimum Gasteiger partial charge on any atom is -0.330 e. The SMILES string of the molecule is Cc1ccc(S(=O)(=O)NCCCCN)cc1F.Cl. The molecule has 0 radical (unpaired) electrons. The van der Waals surface area contributed by atoms with E-state index in [4.69, 9.17) is 5.73 Å². The predicted molar refractivity (Wildman–Crippen MR) is 71.9 cm³/mol. The van der Waals surface area contributed by atoms with Gasteiger partial charge < -0.3 is 5.73 Å². The van der Waals surface area contributed by atoms with E-state index in [0.717, 1.165) is 12.5 Å². The Balaban J connectivity index is 0.00000289. The Morgan fingerprint density at radius 1 is 1.33 bits per heavy atom. The second-order valence-electron chi connectivity index (χ2n) is 3.80. The number of rotatable bonds is 6. The summed E-state index contributed by atoms with van der Waals surface area (Å²) in [5, 5.41) is 0. The summed E-state index contributed by atoms with van der Waals surface area (Å²) in [5.74, 6) is -0.519. The average Bonchev–Trinajstić information content (AvgIpc) is 2.28. The number of nitrogens with two attached hydrogens (primary N) is 1. The maximum absolute atomic E-state index is 13.2. The first-order chi connectivity index (χ1) is 7.97. The van der Waals surface area contributed by atoms with E-state index in [1.807, 2.05) is 0 Å². The summed E-state index contributed by atoms with van der Waals surface area (Å²) in [6, 6.07) is 3.87. The van der Waals surface area contributed by atoms with Crippen molar-refractivity contribution in [2.45, 2.75) is 24.7 Å². The zero-order valence-electron chi connectivity index (χ0n) is 10.1. The van der Waals surface area contributed by atoms with Gasteiger partial charge in [-0.2, -0.15) is 0 Å². The molecule has 0 heterocycles. The van der Waals surface area contributed by atoms with Gasteiger partial charge in [-0.05, 0) is 44.0 Å². The van der Waals surface area contributed by atoms with Gasteiger partial charge in [-0.25, -0.2) is 17.5 Å². The van der Waals surface area contributed by atoms with Crippen LogP contribution in [0.25, 0.3) is 0 Å². The van der Waals surface area contributed by atoms with E-state index in [9.17, 15) is 12.8 Å². The van der Waals surface area contributed by atoms with Gasteiger partial charge in [0.15, 0.2) is 0 Å². The van der Waals surface area contributed by atoms with E-state index in [0.29, 0.717) is 25.1 Å². The van der Waals surface area contributed by atoms with Crippen LogP contribution >= 0.6 is 12.4 Å². The molecular weight excluding hydrogens is 279 g/mol. The van der Waals surface area contributed by atoms with Gasteiger partial charge in [0.25, 0.3) is 0 Å². The van der Waals surface area contributed by atoms with Crippen molar-refractivity contribution in [1.29, 1.82) is 0 Å². The molecule has 0 aliphatic heterocycles. The number of nitrogens with one attached hydrogen (secondary N) is 1. The second-order valence-corrected chi connectivity index (χ2v) is 5.57. The van der Waals surface area contributed by atoms with Crippen molar-refractivity contribution >= 4 is 22.4 Å². The summed E-state index contributed by atoms with van der Waals surface area (Å²) < 4.78 is 39.2. The molecule has 0 amide bonds. The summed E-state index contributed by atoms with van der Waals surface area (Å²) in [6.07, 6.45) is 1.43. The highest BCUT2D eigenvalue weighted by atomic mass is 35.5. The molecular formula is C11H18ClFN2O2S. The van der Waals surface area contributed by atoms with Gasteiger partial charge in [-0.15, -0.1) is 12.4 Å². The first kappa shape index (κ1) is 17.3. The largest absolute Gasteiger partial charge is 0.330 e. The van der Waals surface area contributed by atoms with Gasteiger partial charge in [0.2, 0.25) is 10.0 Å². The van der Waals surface area contributed by atoms with Crippen LogP contribution in [-0.2, 0) is 10.0 Å². The van der Waals surface area contributed by atoms with Crippen LogP contribution in [-0.4, -0.2) is 21.5 Å². The summed E-state index contributed by atoms with van der Waals surface area (Å²) in [6.45, 7) is 2.43. The molecule has 0 saturated carbocycles. The molecule has 0 spiro atoms. The Bertz CT molecular complexity index is 480. The Morgan fingerprint density at radius 2 is 2.00 bits per heavy atom. The fourth-order valence-electron chi connectivity index (χ4n) is 1.30. The Morgan fingerprint density at radius 3 is 2.56 bits per heavy atom. The van der Waals surface area contributed by atoms with E-state index in [2.05, 4.69) is 4.72 Å². The summed E-state index contributed by atoms with van der Waals surface area (Å²) >= 11 is 0. The third kappa shape index (κ3) is 4.89. The fourth-order valence-corrected chi connectivity index (χ4v) is 2.39. The van der Waals surface area contributed by atoms with Crippen molar-refractivity contribution in [2.75, 3.05) is 13.1 Å². The highest BCUT2D eigenvalue weighted by Crippen LogP contribution is 2.13. The van der Waals surface area contributed by atoms with Gasteiger partial charge in [-0.1, -0.05) is 6.07 Å². The summed E-state index contributed by atoms with van der Waals surface area (Å²) in [5.41, 5.74) is 5.72. The topological polar surface area (TPSA) is 72.2 Å². The lowest BCUT2D eigenvalue weighted by atomic mass is 10.2. The quantitative estimate of drug-likeness (QED) is 0.783. The molecule has 0 fully saturated rings. The van der Waals surface area contributed by atoms with Gasteiger partial charge in [0.1, 0.15) is 5.82 Å². The lowest BCUT2D eigenvalue weighted by Crippen LogP contribution is -2.25. The third-order valence-corrected chi connectivity index (χ3v) is 3.84. The number of halogens is 2. The van der Waals surface area contributed by atoms with Crippen molar-refractivity contribution in [3.05, 3.63) is 29.6 Å². The molecule has 1 aromatic carbocycles. The monoisotopic (exact) mass is 296 g/mol. The molecule has 0 aliphatic carbocycles. The predicted octanol–water partition coefficient (Wildman–Crippen LogP) is 1.57. The molecule has 0 bridgehead atoms. The lowest BCUT2D eigenvalue weighted by molar-refractivity contribution is 0.572. The smallest absolute Gasteiger partial charge is 0.240 e. The highest BCUT2D eigenvalue weighted by Gasteiger charge is 2.14. The van der Waals surface area contributed by atoms with Gasteiger partial charge in [0.05, 0.1) is 4.90 Å². The van der Waals surface area contributed by atoms with Gasteiger partial charge in [0, 0.05) is 6.54 Å². The van der Waals surface area contributed by atoms with Crippen LogP contribution in [0.4, 0.5) is 4.39 Å². The van der Waals surface area contributed by atoms with Gasteiger partial charge >= 0.3 is 0 Å². The minimum atomic E-state index is -3.61. The van der Waals surface area contributed by atoms with Crippen LogP contribution in [0.1, 0.15) is 18.4 Å². The van der Waals surface area contributed by atoms with Crippen LogP contribution in [0.5, 0.6) is 0 Å². The van der Waals surface area contributed by atoms with Crippen molar-refractivity contribution in [1.82, 2.24) is 4.72 Å². The normalized spacial score (nSPS) is 11.1. The zero-order chi connectivity index (χ0) is 12.9. The average molecular weight is 297 g/mol. The van der Waals surface area contributed by atoms with E-state index in [-0.39, 0.29) is 17.3 Å². The molecule has 0 aromatic heterocycles. The molecule has 3 N–H and O–H groups in total. The van der Waals surface area contributed by atoms with E-state index in [1.54, 1.807) is 6.92 Å². The molecule has 104 valence electrons. The van der Waals surface area contributed by atoms with Crippen molar-refractivity contribution in [3.8, 4) is 0 Å². The molecule has 7 heteroatoms. The Kier molecular flexibility index (Phi) is 7.39. The van der Waals surface area contributed by atoms with E-state index < -0.39 is 15.8 Å². The third-order valence-electron chi connectivity index (χ3n) is 2.38. The number of hydrogen-bond acceptors (Lipinski definition) is 3. The molecule has 0 saturated heterocycles. The van der Waals surface area contributed by atoms with Crippen LogP contribution in [0, 0.1) is 12.7 Å². The van der Waals surface area contributed by atoms with Crippen LogP contribution in [0.3, 0.4) is 0 Å². The number of unbranched alkanes of at least 4 members (excludes halogenated alkanes) is 1. The molecule has 1 aromatic rings. The number of benzene rings is 1. The van der Waals surface area contributed by atoms with Crippen molar-refractivity contribution in [2.24, 2.45) is 5.73 Å². The Hall–Kier alpha value is -0.690. The molecule has 1 rings (SSSR count). The Labute approximate surface area is 113 Å². The first-order valence-corrected chi connectivity index (χ1v) is 6.91.